The van der Waals surface area contributed by atoms with E-state index in [1.54, 1.807) is 23.6 Å². The summed E-state index contributed by atoms with van der Waals surface area (Å²) in [5.74, 6) is 0.0329. The molecule has 0 aliphatic carbocycles. The van der Waals surface area contributed by atoms with Crippen molar-refractivity contribution in [3.63, 3.8) is 0 Å². The Hall–Kier alpha value is -2.44. The maximum absolute atomic E-state index is 12.4. The van der Waals surface area contributed by atoms with Gasteiger partial charge in [-0.15, -0.1) is 0 Å². The van der Waals surface area contributed by atoms with E-state index in [0.29, 0.717) is 18.1 Å². The zero-order valence-corrected chi connectivity index (χ0v) is 15.6. The molecule has 132 valence electrons. The van der Waals surface area contributed by atoms with E-state index in [9.17, 15) is 4.79 Å². The van der Waals surface area contributed by atoms with Gasteiger partial charge in [0.15, 0.2) is 5.13 Å². The number of anilines is 1. The molecule has 0 radical (unpaired) electrons. The molecule has 3 aromatic rings. The molecule has 0 bridgehead atoms. The molecular formula is C19H17ClN4OS. The van der Waals surface area contributed by atoms with Gasteiger partial charge in [-0.2, -0.15) is 0 Å². The van der Waals surface area contributed by atoms with Gasteiger partial charge < -0.3 is 9.80 Å². The average Bonchev–Trinajstić information content (AvgIpc) is 3.12. The predicted octanol–water partition coefficient (Wildman–Crippen LogP) is 3.71. The number of hydrogen-bond acceptors (Lipinski definition) is 5. The van der Waals surface area contributed by atoms with Crippen LogP contribution in [0, 0.1) is 0 Å². The lowest BCUT2D eigenvalue weighted by Gasteiger charge is -2.34. The second kappa shape index (κ2) is 7.43. The Morgan fingerprint density at radius 2 is 1.88 bits per heavy atom. The summed E-state index contributed by atoms with van der Waals surface area (Å²) in [6.07, 6.45) is 5.23. The van der Waals surface area contributed by atoms with Gasteiger partial charge in [-0.25, -0.2) is 9.97 Å². The number of fused-ring (bicyclic) bond motifs is 1. The number of carbonyl (C=O) groups is 1. The molecule has 0 saturated carbocycles. The summed E-state index contributed by atoms with van der Waals surface area (Å²) in [6, 6.07) is 11.3. The minimum Gasteiger partial charge on any atom is -0.344 e. The van der Waals surface area contributed by atoms with Gasteiger partial charge in [-0.05, 0) is 35.9 Å². The molecule has 1 fully saturated rings. The Kier molecular flexibility index (Phi) is 4.86. The monoisotopic (exact) mass is 384 g/mol. The van der Waals surface area contributed by atoms with Crippen LogP contribution < -0.4 is 4.90 Å². The van der Waals surface area contributed by atoms with Crippen LogP contribution in [0.4, 0.5) is 5.13 Å². The summed E-state index contributed by atoms with van der Waals surface area (Å²) in [5, 5.41) is 1.66. The van der Waals surface area contributed by atoms with Crippen molar-refractivity contribution in [2.75, 3.05) is 31.1 Å². The van der Waals surface area contributed by atoms with E-state index >= 15 is 0 Å². The lowest BCUT2D eigenvalue weighted by Crippen LogP contribution is -2.48. The third kappa shape index (κ3) is 3.71. The highest BCUT2D eigenvalue weighted by molar-refractivity contribution is 7.21. The number of thiazole rings is 1. The predicted molar refractivity (Wildman–Crippen MR) is 107 cm³/mol. The molecule has 1 amide bonds. The number of halogens is 1. The Morgan fingerprint density at radius 3 is 2.62 bits per heavy atom. The molecule has 0 N–H and O–H groups in total. The number of hydrogen-bond donors (Lipinski definition) is 0. The normalized spacial score (nSPS) is 15.1. The topological polar surface area (TPSA) is 49.3 Å². The first-order chi connectivity index (χ1) is 12.7. The second-order valence-corrected chi connectivity index (χ2v) is 7.41. The summed E-state index contributed by atoms with van der Waals surface area (Å²) >= 11 is 7.47. The summed E-state index contributed by atoms with van der Waals surface area (Å²) in [6.45, 7) is 2.93. The molecule has 0 spiro atoms. The van der Waals surface area contributed by atoms with Crippen molar-refractivity contribution in [3.05, 3.63) is 59.3 Å². The van der Waals surface area contributed by atoms with E-state index in [0.717, 1.165) is 34.1 Å². The largest absolute Gasteiger partial charge is 0.344 e. The maximum atomic E-state index is 12.4. The minimum absolute atomic E-state index is 0.0329. The highest BCUT2D eigenvalue weighted by atomic mass is 35.5. The molecule has 7 heteroatoms. The number of carbonyl (C=O) groups excluding carboxylic acids is 1. The molecule has 2 aromatic heterocycles. The summed E-state index contributed by atoms with van der Waals surface area (Å²) in [4.78, 5) is 26.4. The van der Waals surface area contributed by atoms with Crippen LogP contribution in [0.25, 0.3) is 16.4 Å². The minimum atomic E-state index is 0.0329. The van der Waals surface area contributed by atoms with E-state index in [1.807, 2.05) is 47.4 Å². The number of nitrogens with zero attached hydrogens (tertiary/aromatic N) is 4. The van der Waals surface area contributed by atoms with Crippen LogP contribution in [0.2, 0.25) is 5.02 Å². The summed E-state index contributed by atoms with van der Waals surface area (Å²) < 4.78 is 0. The molecule has 3 heterocycles. The van der Waals surface area contributed by atoms with Gasteiger partial charge in [0, 0.05) is 43.5 Å². The first kappa shape index (κ1) is 17.0. The Balaban J connectivity index is 1.36. The number of pyridine rings is 1. The molecule has 5 nitrogen and oxygen atoms in total. The molecule has 0 atom stereocenters. The van der Waals surface area contributed by atoms with Crippen molar-refractivity contribution in [2.45, 2.75) is 0 Å². The first-order valence-corrected chi connectivity index (χ1v) is 9.57. The average molecular weight is 385 g/mol. The van der Waals surface area contributed by atoms with Gasteiger partial charge in [-0.1, -0.05) is 35.1 Å². The molecule has 1 aliphatic heterocycles. The number of rotatable bonds is 3. The fourth-order valence-corrected chi connectivity index (χ4v) is 3.94. The van der Waals surface area contributed by atoms with Crippen LogP contribution in [-0.4, -0.2) is 47.0 Å². The smallest absolute Gasteiger partial charge is 0.246 e. The van der Waals surface area contributed by atoms with Crippen molar-refractivity contribution < 1.29 is 4.79 Å². The highest BCUT2D eigenvalue weighted by Gasteiger charge is 2.22. The molecule has 4 rings (SSSR count). The van der Waals surface area contributed by atoms with E-state index in [-0.39, 0.29) is 5.91 Å². The molecule has 1 aromatic carbocycles. The lowest BCUT2D eigenvalue weighted by atomic mass is 10.2. The molecule has 0 unspecified atom stereocenters. The SMILES string of the molecule is O=C(/C=C/c1ccc(Cl)cc1)N1CCN(c2nc3cccnc3s2)CC1. The van der Waals surface area contributed by atoms with Gasteiger partial charge in [-0.3, -0.25) is 4.79 Å². The van der Waals surface area contributed by atoms with E-state index in [2.05, 4.69) is 14.9 Å². The Morgan fingerprint density at radius 1 is 1.12 bits per heavy atom. The zero-order valence-electron chi connectivity index (χ0n) is 14.0. The molecule has 1 aliphatic rings. The molecule has 1 saturated heterocycles. The number of piperazine rings is 1. The van der Waals surface area contributed by atoms with Crippen LogP contribution in [0.3, 0.4) is 0 Å². The van der Waals surface area contributed by atoms with Crippen molar-refractivity contribution in [1.82, 2.24) is 14.9 Å². The Bertz CT molecular complexity index is 913. The maximum Gasteiger partial charge on any atom is 0.246 e. The van der Waals surface area contributed by atoms with Gasteiger partial charge in [0.25, 0.3) is 0 Å². The van der Waals surface area contributed by atoms with Gasteiger partial charge in [0.05, 0.1) is 0 Å². The van der Waals surface area contributed by atoms with Crippen LogP contribution in [0.15, 0.2) is 48.7 Å². The van der Waals surface area contributed by atoms with E-state index in [1.165, 1.54) is 0 Å². The quantitative estimate of drug-likeness (QED) is 0.646. The van der Waals surface area contributed by atoms with Crippen LogP contribution in [-0.2, 0) is 4.79 Å². The van der Waals surface area contributed by atoms with E-state index < -0.39 is 0 Å². The third-order valence-corrected chi connectivity index (χ3v) is 5.60. The van der Waals surface area contributed by atoms with Crippen LogP contribution >= 0.6 is 22.9 Å². The highest BCUT2D eigenvalue weighted by Crippen LogP contribution is 2.27. The van der Waals surface area contributed by atoms with Gasteiger partial charge >= 0.3 is 0 Å². The lowest BCUT2D eigenvalue weighted by molar-refractivity contribution is -0.126. The van der Waals surface area contributed by atoms with Crippen LogP contribution in [0.5, 0.6) is 0 Å². The van der Waals surface area contributed by atoms with Crippen LogP contribution in [0.1, 0.15) is 5.56 Å². The third-order valence-electron chi connectivity index (χ3n) is 4.31. The Labute approximate surface area is 160 Å². The van der Waals surface area contributed by atoms with Crippen molar-refractivity contribution in [2.24, 2.45) is 0 Å². The zero-order chi connectivity index (χ0) is 17.9. The van der Waals surface area contributed by atoms with Crippen molar-refractivity contribution >= 4 is 50.4 Å². The molecule has 26 heavy (non-hydrogen) atoms. The summed E-state index contributed by atoms with van der Waals surface area (Å²) in [7, 11) is 0. The van der Waals surface area contributed by atoms with E-state index in [4.69, 9.17) is 11.6 Å². The number of benzene rings is 1. The fourth-order valence-electron chi connectivity index (χ4n) is 2.86. The first-order valence-electron chi connectivity index (χ1n) is 8.38. The number of aromatic nitrogens is 2. The van der Waals surface area contributed by atoms with Crippen molar-refractivity contribution in [1.29, 1.82) is 0 Å². The number of amides is 1. The van der Waals surface area contributed by atoms with Crippen molar-refractivity contribution in [3.8, 4) is 0 Å². The fraction of sp³-hybridized carbons (Fsp3) is 0.211. The van der Waals surface area contributed by atoms with Gasteiger partial charge in [0.1, 0.15) is 10.3 Å². The van der Waals surface area contributed by atoms with Gasteiger partial charge in [0.2, 0.25) is 5.91 Å². The second-order valence-electron chi connectivity index (χ2n) is 6.02. The summed E-state index contributed by atoms with van der Waals surface area (Å²) in [5.41, 5.74) is 1.89. The molecular weight excluding hydrogens is 368 g/mol. The standard InChI is InChI=1S/C19H17ClN4OS/c20-15-6-3-14(4-7-15)5-8-17(25)23-10-12-24(13-11-23)19-22-16-2-1-9-21-18(16)26-19/h1-9H,10-13H2/b8-5+.